The molecule has 2 amide bonds. The first-order valence-electron chi connectivity index (χ1n) is 9.62. The van der Waals surface area contributed by atoms with E-state index in [1.54, 1.807) is 4.90 Å². The van der Waals surface area contributed by atoms with Crippen molar-refractivity contribution in [3.8, 4) is 0 Å². The highest BCUT2D eigenvalue weighted by atomic mass is 19.1. The molecule has 1 saturated carbocycles. The number of carbonyl (C=O) groups is 2. The van der Waals surface area contributed by atoms with Crippen LogP contribution in [0.5, 0.6) is 0 Å². The Morgan fingerprint density at radius 3 is 2.81 bits per heavy atom. The van der Waals surface area contributed by atoms with Gasteiger partial charge in [-0.15, -0.1) is 0 Å². The molecule has 2 fully saturated rings. The maximum atomic E-state index is 13.0. The van der Waals surface area contributed by atoms with Crippen LogP contribution in [0.15, 0.2) is 18.2 Å². The number of carbonyl (C=O) groups excluding carboxylic acids is 2. The number of benzene rings is 1. The Kier molecular flexibility index (Phi) is 4.59. The summed E-state index contributed by atoms with van der Waals surface area (Å²) in [5.74, 6) is 0.158. The molecule has 0 aromatic heterocycles. The summed E-state index contributed by atoms with van der Waals surface area (Å²) in [5, 5.41) is 6.38. The van der Waals surface area contributed by atoms with Crippen molar-refractivity contribution in [2.75, 3.05) is 38.2 Å². The maximum Gasteiger partial charge on any atom is 0.251 e. The van der Waals surface area contributed by atoms with E-state index in [-0.39, 0.29) is 17.7 Å². The molecule has 1 aromatic carbocycles. The molecule has 26 heavy (non-hydrogen) atoms. The van der Waals surface area contributed by atoms with Crippen LogP contribution in [0.2, 0.25) is 0 Å². The van der Waals surface area contributed by atoms with Crippen molar-refractivity contribution in [1.82, 2.24) is 10.2 Å². The third-order valence-electron chi connectivity index (χ3n) is 5.91. The SMILES string of the molecule is O=C(NCC1CN(C(=O)C2(CF)CC2)C1)c1ccc2c(c1)CCCCN2. The first-order valence-corrected chi connectivity index (χ1v) is 9.62. The number of nitrogens with zero attached hydrogens (tertiary/aromatic N) is 1. The number of fused-ring (bicyclic) bond motifs is 1. The van der Waals surface area contributed by atoms with Crippen LogP contribution in [0.3, 0.4) is 0 Å². The van der Waals surface area contributed by atoms with Gasteiger partial charge in [0.15, 0.2) is 0 Å². The zero-order valence-corrected chi connectivity index (χ0v) is 15.0. The minimum absolute atomic E-state index is 0.0409. The second kappa shape index (κ2) is 6.89. The Morgan fingerprint density at radius 1 is 1.27 bits per heavy atom. The fourth-order valence-electron chi connectivity index (χ4n) is 3.87. The van der Waals surface area contributed by atoms with Crippen LogP contribution in [0.4, 0.5) is 10.1 Å². The summed E-state index contributed by atoms with van der Waals surface area (Å²) in [6, 6.07) is 5.84. The second-order valence-electron chi connectivity index (χ2n) is 7.96. The van der Waals surface area contributed by atoms with Gasteiger partial charge in [0.1, 0.15) is 6.67 Å². The van der Waals surface area contributed by atoms with Crippen LogP contribution in [0.1, 0.15) is 41.6 Å². The molecule has 0 radical (unpaired) electrons. The lowest BCUT2D eigenvalue weighted by Gasteiger charge is -2.41. The van der Waals surface area contributed by atoms with E-state index in [0.29, 0.717) is 38.0 Å². The average molecular weight is 359 g/mol. The largest absolute Gasteiger partial charge is 0.385 e. The molecule has 2 N–H and O–H groups in total. The van der Waals surface area contributed by atoms with Crippen molar-refractivity contribution < 1.29 is 14.0 Å². The van der Waals surface area contributed by atoms with E-state index in [1.807, 2.05) is 18.2 Å². The van der Waals surface area contributed by atoms with Gasteiger partial charge in [-0.3, -0.25) is 9.59 Å². The fraction of sp³-hybridized carbons (Fsp3) is 0.600. The number of anilines is 1. The lowest BCUT2D eigenvalue weighted by Crippen LogP contribution is -2.56. The molecule has 5 nitrogen and oxygen atoms in total. The van der Waals surface area contributed by atoms with Gasteiger partial charge in [0, 0.05) is 43.3 Å². The van der Waals surface area contributed by atoms with Gasteiger partial charge in [-0.25, -0.2) is 4.39 Å². The van der Waals surface area contributed by atoms with Gasteiger partial charge >= 0.3 is 0 Å². The van der Waals surface area contributed by atoms with Gasteiger partial charge in [-0.2, -0.15) is 0 Å². The molecule has 1 aliphatic carbocycles. The van der Waals surface area contributed by atoms with Crippen LogP contribution >= 0.6 is 0 Å². The molecule has 6 heteroatoms. The summed E-state index contributed by atoms with van der Waals surface area (Å²) in [6.45, 7) is 2.24. The van der Waals surface area contributed by atoms with E-state index in [4.69, 9.17) is 0 Å². The highest BCUT2D eigenvalue weighted by Crippen LogP contribution is 2.48. The molecule has 140 valence electrons. The molecule has 1 aromatic rings. The average Bonchev–Trinajstić information content (AvgIpc) is 3.43. The Morgan fingerprint density at radius 2 is 2.08 bits per heavy atom. The van der Waals surface area contributed by atoms with Gasteiger partial charge in [0.05, 0.1) is 5.41 Å². The summed E-state index contributed by atoms with van der Waals surface area (Å²) < 4.78 is 13.0. The second-order valence-corrected chi connectivity index (χ2v) is 7.96. The highest BCUT2D eigenvalue weighted by Gasteiger charge is 2.53. The summed E-state index contributed by atoms with van der Waals surface area (Å²) in [6.07, 6.45) is 4.63. The van der Waals surface area contributed by atoms with Crippen LogP contribution < -0.4 is 10.6 Å². The number of hydrogen-bond acceptors (Lipinski definition) is 3. The van der Waals surface area contributed by atoms with Crippen LogP contribution in [-0.2, 0) is 11.2 Å². The molecule has 0 unspecified atom stereocenters. The number of rotatable bonds is 5. The van der Waals surface area contributed by atoms with Crippen molar-refractivity contribution in [2.45, 2.75) is 32.1 Å². The number of aryl methyl sites for hydroxylation is 1. The van der Waals surface area contributed by atoms with Gasteiger partial charge in [0.25, 0.3) is 5.91 Å². The van der Waals surface area contributed by atoms with Gasteiger partial charge in [-0.05, 0) is 55.9 Å². The quantitative estimate of drug-likeness (QED) is 0.849. The number of hydrogen-bond donors (Lipinski definition) is 2. The van der Waals surface area contributed by atoms with Crippen molar-refractivity contribution in [1.29, 1.82) is 0 Å². The van der Waals surface area contributed by atoms with E-state index in [2.05, 4.69) is 10.6 Å². The monoisotopic (exact) mass is 359 g/mol. The molecule has 0 atom stereocenters. The van der Waals surface area contributed by atoms with Crippen molar-refractivity contribution in [3.05, 3.63) is 29.3 Å². The lowest BCUT2D eigenvalue weighted by atomic mass is 9.96. The number of alkyl halides is 1. The molecule has 0 spiro atoms. The number of likely N-dealkylation sites (tertiary alicyclic amines) is 1. The first kappa shape index (κ1) is 17.3. The van der Waals surface area contributed by atoms with E-state index in [1.165, 1.54) is 5.56 Å². The molecule has 3 aliphatic rings. The van der Waals surface area contributed by atoms with Crippen LogP contribution in [-0.4, -0.2) is 49.6 Å². The van der Waals surface area contributed by atoms with E-state index >= 15 is 0 Å². The Hall–Kier alpha value is -2.11. The van der Waals surface area contributed by atoms with Crippen LogP contribution in [0, 0.1) is 11.3 Å². The minimum Gasteiger partial charge on any atom is -0.385 e. The maximum absolute atomic E-state index is 13.0. The van der Waals surface area contributed by atoms with Crippen molar-refractivity contribution in [3.63, 3.8) is 0 Å². The predicted molar refractivity (Wildman–Crippen MR) is 97.9 cm³/mol. The van der Waals surface area contributed by atoms with E-state index in [9.17, 15) is 14.0 Å². The zero-order chi connectivity index (χ0) is 18.1. The third kappa shape index (κ3) is 3.29. The van der Waals surface area contributed by atoms with Crippen LogP contribution in [0.25, 0.3) is 0 Å². The number of halogens is 1. The third-order valence-corrected chi connectivity index (χ3v) is 5.91. The Labute approximate surface area is 153 Å². The molecule has 2 heterocycles. The van der Waals surface area contributed by atoms with E-state index < -0.39 is 12.1 Å². The molecular formula is C20H26FN3O2. The van der Waals surface area contributed by atoms with Crippen molar-refractivity contribution >= 4 is 17.5 Å². The Balaban J connectivity index is 1.26. The van der Waals surface area contributed by atoms with E-state index in [0.717, 1.165) is 31.5 Å². The molecule has 2 aliphatic heterocycles. The van der Waals surface area contributed by atoms with Gasteiger partial charge in [-0.1, -0.05) is 0 Å². The normalized spacial score (nSPS) is 21.0. The number of nitrogens with one attached hydrogen (secondary N) is 2. The zero-order valence-electron chi connectivity index (χ0n) is 15.0. The summed E-state index contributed by atoms with van der Waals surface area (Å²) in [4.78, 5) is 26.4. The van der Waals surface area contributed by atoms with Crippen molar-refractivity contribution in [2.24, 2.45) is 11.3 Å². The fourth-order valence-corrected chi connectivity index (χ4v) is 3.87. The summed E-state index contributed by atoms with van der Waals surface area (Å²) >= 11 is 0. The Bertz CT molecular complexity index is 711. The standard InChI is InChI=1S/C20H26FN3O2/c21-13-20(6-7-20)19(26)24-11-14(12-24)10-23-18(25)16-4-5-17-15(9-16)3-1-2-8-22-17/h4-5,9,14,22H,1-3,6-8,10-13H2,(H,23,25). The predicted octanol–water partition coefficient (Wildman–Crippen LogP) is 2.37. The summed E-state index contributed by atoms with van der Waals surface area (Å²) in [5.41, 5.74) is 2.32. The topological polar surface area (TPSA) is 61.4 Å². The van der Waals surface area contributed by atoms with Gasteiger partial charge < -0.3 is 15.5 Å². The lowest BCUT2D eigenvalue weighted by molar-refractivity contribution is -0.144. The van der Waals surface area contributed by atoms with Gasteiger partial charge in [0.2, 0.25) is 5.91 Å². The highest BCUT2D eigenvalue weighted by molar-refractivity contribution is 5.95. The first-order chi connectivity index (χ1) is 12.6. The number of amides is 2. The molecule has 1 saturated heterocycles. The molecule has 0 bridgehead atoms. The summed E-state index contributed by atoms with van der Waals surface area (Å²) in [7, 11) is 0. The smallest absolute Gasteiger partial charge is 0.251 e. The molecule has 4 rings (SSSR count). The minimum atomic E-state index is -0.704. The molecular weight excluding hydrogens is 333 g/mol.